The first-order valence-corrected chi connectivity index (χ1v) is 12.1. The molecule has 0 radical (unpaired) electrons. The van der Waals surface area contributed by atoms with Gasteiger partial charge in [-0.3, -0.25) is 14.5 Å². The van der Waals surface area contributed by atoms with Crippen LogP contribution in [0.5, 0.6) is 0 Å². The molecular formula is C22H35N5O2S. The smallest absolute Gasteiger partial charge is 0.259 e. The molecule has 7 nitrogen and oxygen atoms in total. The van der Waals surface area contributed by atoms with Crippen molar-refractivity contribution in [1.82, 2.24) is 20.2 Å². The van der Waals surface area contributed by atoms with Gasteiger partial charge in [0, 0.05) is 43.5 Å². The number of piperazine rings is 1. The van der Waals surface area contributed by atoms with E-state index in [1.54, 1.807) is 18.3 Å². The maximum absolute atomic E-state index is 11.5. The summed E-state index contributed by atoms with van der Waals surface area (Å²) in [5.41, 5.74) is 5.92. The standard InChI is InChI=1S/C10H20N2.C9H8N2OS.C3H7NO/c1-2-4-10(5-3-1)12-8-6-11-7-9-12;12-8-7-5-2-1-3-6(5)13-9(7)11-4-10-8;1-2-3(4)5/h10-11H,1-9H2;4H,1-3H2,(H,10,11,12);2H2,1H3,(H2,4,5). The molecule has 5 rings (SSSR count). The molecule has 3 aliphatic rings. The van der Waals surface area contributed by atoms with Gasteiger partial charge in [-0.1, -0.05) is 26.2 Å². The molecule has 1 amide bonds. The van der Waals surface area contributed by atoms with E-state index in [2.05, 4.69) is 25.9 Å². The summed E-state index contributed by atoms with van der Waals surface area (Å²) in [5, 5.41) is 4.25. The lowest BCUT2D eigenvalue weighted by Crippen LogP contribution is -2.48. The number of aromatic nitrogens is 2. The molecule has 0 spiro atoms. The van der Waals surface area contributed by atoms with E-state index >= 15 is 0 Å². The predicted octanol–water partition coefficient (Wildman–Crippen LogP) is 2.58. The molecule has 2 aliphatic carbocycles. The number of nitrogens with one attached hydrogen (secondary N) is 2. The summed E-state index contributed by atoms with van der Waals surface area (Å²) in [6.07, 6.45) is 12.6. The number of carbonyl (C=O) groups excluding carboxylic acids is 1. The molecule has 0 unspecified atom stereocenters. The first-order valence-electron chi connectivity index (χ1n) is 11.3. The van der Waals surface area contributed by atoms with E-state index in [0.29, 0.717) is 6.42 Å². The van der Waals surface area contributed by atoms with Gasteiger partial charge in [-0.2, -0.15) is 0 Å². The number of H-pyrrole nitrogens is 1. The van der Waals surface area contributed by atoms with Crippen LogP contribution < -0.4 is 16.6 Å². The summed E-state index contributed by atoms with van der Waals surface area (Å²) in [6, 6.07) is 0.931. The molecule has 3 heterocycles. The summed E-state index contributed by atoms with van der Waals surface area (Å²) in [7, 11) is 0. The lowest BCUT2D eigenvalue weighted by Gasteiger charge is -2.36. The Hall–Kier alpha value is -1.77. The van der Waals surface area contributed by atoms with E-state index in [1.165, 1.54) is 81.5 Å². The number of nitrogens with zero attached hydrogens (tertiary/aromatic N) is 2. The first kappa shape index (κ1) is 22.9. The number of carbonyl (C=O) groups is 1. The van der Waals surface area contributed by atoms with E-state index in [0.717, 1.165) is 29.1 Å². The fourth-order valence-corrected chi connectivity index (χ4v) is 5.66. The summed E-state index contributed by atoms with van der Waals surface area (Å²) >= 11 is 1.67. The van der Waals surface area contributed by atoms with Gasteiger partial charge in [0.25, 0.3) is 5.56 Å². The molecule has 8 heteroatoms. The van der Waals surface area contributed by atoms with Gasteiger partial charge in [-0.25, -0.2) is 4.98 Å². The quantitative estimate of drug-likeness (QED) is 0.675. The van der Waals surface area contributed by atoms with Crippen molar-refractivity contribution >= 4 is 27.5 Å². The predicted molar refractivity (Wildman–Crippen MR) is 123 cm³/mol. The second-order valence-corrected chi connectivity index (χ2v) is 9.25. The van der Waals surface area contributed by atoms with Gasteiger partial charge in [0.2, 0.25) is 5.91 Å². The van der Waals surface area contributed by atoms with Crippen molar-refractivity contribution in [1.29, 1.82) is 0 Å². The van der Waals surface area contributed by atoms with Crippen LogP contribution >= 0.6 is 11.3 Å². The van der Waals surface area contributed by atoms with Crippen molar-refractivity contribution in [2.24, 2.45) is 5.73 Å². The fourth-order valence-electron chi connectivity index (χ4n) is 4.43. The van der Waals surface area contributed by atoms with E-state index in [4.69, 9.17) is 0 Å². The van der Waals surface area contributed by atoms with E-state index in [9.17, 15) is 9.59 Å². The van der Waals surface area contributed by atoms with Gasteiger partial charge in [0.15, 0.2) is 0 Å². The number of hydrogen-bond donors (Lipinski definition) is 3. The lowest BCUT2D eigenvalue weighted by molar-refractivity contribution is -0.117. The molecule has 0 atom stereocenters. The summed E-state index contributed by atoms with van der Waals surface area (Å²) < 4.78 is 0. The number of aryl methyl sites for hydroxylation is 2. The van der Waals surface area contributed by atoms with Crippen molar-refractivity contribution in [3.05, 3.63) is 27.1 Å². The summed E-state index contributed by atoms with van der Waals surface area (Å²) in [6.45, 7) is 6.70. The number of amides is 1. The SMILES string of the molecule is C1CCC(N2CCNCC2)CC1.CCC(N)=O.O=c1[nH]cnc2sc3c(c12)CCC3. The molecule has 1 aliphatic heterocycles. The van der Waals surface area contributed by atoms with Crippen molar-refractivity contribution in [2.75, 3.05) is 26.2 Å². The second-order valence-electron chi connectivity index (χ2n) is 8.17. The van der Waals surface area contributed by atoms with Crippen molar-refractivity contribution in [3.63, 3.8) is 0 Å². The molecule has 1 saturated heterocycles. The van der Waals surface area contributed by atoms with Crippen LogP contribution in [0.15, 0.2) is 11.1 Å². The first-order chi connectivity index (χ1) is 14.6. The Balaban J connectivity index is 0.000000141. The van der Waals surface area contributed by atoms with Crippen LogP contribution in [0.1, 0.15) is 62.3 Å². The third-order valence-corrected chi connectivity index (χ3v) is 7.30. The Morgan fingerprint density at radius 3 is 2.57 bits per heavy atom. The van der Waals surface area contributed by atoms with Gasteiger partial charge in [0.1, 0.15) is 4.83 Å². The van der Waals surface area contributed by atoms with Crippen LogP contribution in [0.25, 0.3) is 10.2 Å². The zero-order valence-corrected chi connectivity index (χ0v) is 18.9. The fraction of sp³-hybridized carbons (Fsp3) is 0.682. The van der Waals surface area contributed by atoms with Crippen LogP contribution in [-0.2, 0) is 17.6 Å². The largest absolute Gasteiger partial charge is 0.370 e. The second kappa shape index (κ2) is 11.6. The number of thiophene rings is 1. The normalized spacial score (nSPS) is 19.4. The van der Waals surface area contributed by atoms with Crippen LogP contribution in [0.2, 0.25) is 0 Å². The Labute approximate surface area is 182 Å². The Morgan fingerprint density at radius 1 is 1.20 bits per heavy atom. The number of fused-ring (bicyclic) bond motifs is 3. The zero-order valence-electron chi connectivity index (χ0n) is 18.0. The molecule has 4 N–H and O–H groups in total. The molecule has 0 bridgehead atoms. The van der Waals surface area contributed by atoms with Crippen LogP contribution in [0, 0.1) is 0 Å². The topological polar surface area (TPSA) is 104 Å². The minimum atomic E-state index is -0.245. The van der Waals surface area contributed by atoms with Gasteiger partial charge >= 0.3 is 0 Å². The third kappa shape index (κ3) is 6.12. The van der Waals surface area contributed by atoms with Crippen LogP contribution in [0.4, 0.5) is 0 Å². The minimum absolute atomic E-state index is 0.0180. The highest BCUT2D eigenvalue weighted by molar-refractivity contribution is 7.18. The van der Waals surface area contributed by atoms with Crippen molar-refractivity contribution in [3.8, 4) is 0 Å². The van der Waals surface area contributed by atoms with Crippen LogP contribution in [-0.4, -0.2) is 53.0 Å². The molecule has 1 saturated carbocycles. The van der Waals surface area contributed by atoms with E-state index in [1.807, 2.05) is 0 Å². The van der Waals surface area contributed by atoms with Gasteiger partial charge in [-0.15, -0.1) is 11.3 Å². The summed E-state index contributed by atoms with van der Waals surface area (Å²) in [4.78, 5) is 32.8. The molecule has 2 aromatic heterocycles. The van der Waals surface area contributed by atoms with Gasteiger partial charge in [0.05, 0.1) is 11.7 Å². The number of primary amides is 1. The molecular weight excluding hydrogens is 398 g/mol. The third-order valence-electron chi connectivity index (χ3n) is 6.10. The Morgan fingerprint density at radius 2 is 1.90 bits per heavy atom. The summed E-state index contributed by atoms with van der Waals surface area (Å²) in [5.74, 6) is -0.245. The number of hydrogen-bond acceptors (Lipinski definition) is 6. The zero-order chi connectivity index (χ0) is 21.3. The van der Waals surface area contributed by atoms with Gasteiger partial charge in [-0.05, 0) is 37.7 Å². The Kier molecular flexibility index (Phi) is 8.84. The highest BCUT2D eigenvalue weighted by Crippen LogP contribution is 2.33. The maximum Gasteiger partial charge on any atom is 0.259 e. The van der Waals surface area contributed by atoms with Crippen LogP contribution in [0.3, 0.4) is 0 Å². The minimum Gasteiger partial charge on any atom is -0.370 e. The van der Waals surface area contributed by atoms with E-state index < -0.39 is 0 Å². The van der Waals surface area contributed by atoms with E-state index in [-0.39, 0.29) is 11.5 Å². The monoisotopic (exact) mass is 433 g/mol. The molecule has 30 heavy (non-hydrogen) atoms. The van der Waals surface area contributed by atoms with Crippen molar-refractivity contribution < 1.29 is 4.79 Å². The van der Waals surface area contributed by atoms with Gasteiger partial charge < -0.3 is 16.0 Å². The number of aromatic amines is 1. The number of rotatable bonds is 2. The lowest BCUT2D eigenvalue weighted by atomic mass is 9.94. The average molecular weight is 434 g/mol. The molecule has 2 aromatic rings. The molecule has 0 aromatic carbocycles. The maximum atomic E-state index is 11.5. The molecule has 2 fully saturated rings. The number of nitrogens with two attached hydrogens (primary N) is 1. The molecule has 166 valence electrons. The Bertz CT molecular complexity index is 850. The highest BCUT2D eigenvalue weighted by Gasteiger charge is 2.22. The average Bonchev–Trinajstić information content (AvgIpc) is 3.37. The van der Waals surface area contributed by atoms with Crippen molar-refractivity contribution in [2.45, 2.75) is 70.8 Å². The highest BCUT2D eigenvalue weighted by atomic mass is 32.1.